The van der Waals surface area contributed by atoms with Gasteiger partial charge in [-0.15, -0.1) is 0 Å². The quantitative estimate of drug-likeness (QED) is 0.460. The third kappa shape index (κ3) is 4.59. The highest BCUT2D eigenvalue weighted by atomic mass is 32.2. The van der Waals surface area contributed by atoms with Crippen molar-refractivity contribution in [1.82, 2.24) is 14.9 Å². The highest BCUT2D eigenvalue weighted by molar-refractivity contribution is 8.00. The summed E-state index contributed by atoms with van der Waals surface area (Å²) in [7, 11) is 0. The number of H-pyrrole nitrogens is 1. The van der Waals surface area contributed by atoms with E-state index in [1.54, 1.807) is 18.7 Å². The maximum atomic E-state index is 12.0. The van der Waals surface area contributed by atoms with Crippen LogP contribution in [0.1, 0.15) is 36.8 Å². The van der Waals surface area contributed by atoms with Crippen molar-refractivity contribution < 1.29 is 14.3 Å². The first kappa shape index (κ1) is 18.2. The van der Waals surface area contributed by atoms with Crippen LogP contribution in [0.15, 0.2) is 9.82 Å². The number of carbonyl (C=O) groups excluding carboxylic acids is 2. The molecule has 0 radical (unpaired) electrons. The lowest BCUT2D eigenvalue weighted by Gasteiger charge is -2.18. The first-order valence-corrected chi connectivity index (χ1v) is 8.11. The average molecular weight is 327 g/mol. The Bertz CT molecular complexity index is 596. The van der Waals surface area contributed by atoms with Crippen molar-refractivity contribution in [3.63, 3.8) is 0 Å². The van der Waals surface area contributed by atoms with Crippen LogP contribution in [-0.4, -0.2) is 52.2 Å². The van der Waals surface area contributed by atoms with E-state index >= 15 is 0 Å². The molecule has 0 saturated carbocycles. The predicted molar refractivity (Wildman–Crippen MR) is 84.2 cm³/mol. The molecule has 1 aromatic heterocycles. The molecule has 1 heterocycles. The molecule has 1 rings (SSSR count). The molecule has 0 aliphatic carbocycles. The number of hydrogen-bond donors (Lipinski definition) is 1. The molecule has 122 valence electrons. The molecule has 0 saturated heterocycles. The highest BCUT2D eigenvalue weighted by Gasteiger charge is 2.20. The van der Waals surface area contributed by atoms with Gasteiger partial charge in [-0.1, -0.05) is 11.8 Å². The second-order valence-corrected chi connectivity index (χ2v) is 5.39. The Morgan fingerprint density at radius 2 is 1.91 bits per heavy atom. The van der Waals surface area contributed by atoms with Gasteiger partial charge in [0.25, 0.3) is 0 Å². The number of nitrogens with zero attached hydrogens (tertiary/aromatic N) is 2. The van der Waals surface area contributed by atoms with E-state index in [1.807, 2.05) is 13.8 Å². The van der Waals surface area contributed by atoms with Gasteiger partial charge in [0.15, 0.2) is 0 Å². The van der Waals surface area contributed by atoms with E-state index in [1.165, 1.54) is 0 Å². The van der Waals surface area contributed by atoms with Gasteiger partial charge in [-0.2, -0.15) is 4.98 Å². The van der Waals surface area contributed by atoms with E-state index in [0.717, 1.165) is 11.8 Å². The van der Waals surface area contributed by atoms with Gasteiger partial charge in [-0.05, 0) is 27.7 Å². The molecule has 0 aliphatic heterocycles. The smallest absolute Gasteiger partial charge is 0.346 e. The fourth-order valence-electron chi connectivity index (χ4n) is 1.91. The van der Waals surface area contributed by atoms with Crippen molar-refractivity contribution in [2.24, 2.45) is 0 Å². The summed E-state index contributed by atoms with van der Waals surface area (Å²) in [5.74, 6) is -0.504. The molecule has 0 aliphatic rings. The maximum absolute atomic E-state index is 12.0. The van der Waals surface area contributed by atoms with Crippen LogP contribution in [0.2, 0.25) is 0 Å². The summed E-state index contributed by atoms with van der Waals surface area (Å²) in [5, 5.41) is 0.222. The summed E-state index contributed by atoms with van der Waals surface area (Å²) in [6, 6.07) is 0. The van der Waals surface area contributed by atoms with E-state index < -0.39 is 11.7 Å². The molecule has 1 aromatic rings. The fourth-order valence-corrected chi connectivity index (χ4v) is 2.88. The Morgan fingerprint density at radius 3 is 2.45 bits per heavy atom. The molecule has 0 unspecified atom stereocenters. The van der Waals surface area contributed by atoms with Crippen LogP contribution in [0.25, 0.3) is 0 Å². The zero-order valence-corrected chi connectivity index (χ0v) is 14.1. The number of carbonyl (C=O) groups is 2. The Morgan fingerprint density at radius 1 is 1.27 bits per heavy atom. The number of aromatic amines is 1. The van der Waals surface area contributed by atoms with E-state index in [0.29, 0.717) is 18.8 Å². The molecular weight excluding hydrogens is 306 g/mol. The van der Waals surface area contributed by atoms with Gasteiger partial charge in [0.1, 0.15) is 10.6 Å². The van der Waals surface area contributed by atoms with Gasteiger partial charge < -0.3 is 14.6 Å². The van der Waals surface area contributed by atoms with E-state index in [4.69, 9.17) is 4.74 Å². The second kappa shape index (κ2) is 8.57. The number of amides is 1. The summed E-state index contributed by atoms with van der Waals surface area (Å²) >= 11 is 1.07. The first-order chi connectivity index (χ1) is 10.4. The zero-order chi connectivity index (χ0) is 16.7. The highest BCUT2D eigenvalue weighted by Crippen LogP contribution is 2.22. The van der Waals surface area contributed by atoms with Gasteiger partial charge >= 0.3 is 11.7 Å². The largest absolute Gasteiger partial charge is 0.462 e. The molecular formula is C14H21N3O4S. The van der Waals surface area contributed by atoms with Crippen LogP contribution >= 0.6 is 11.8 Å². The number of hydrogen-bond acceptors (Lipinski definition) is 6. The summed E-state index contributed by atoms with van der Waals surface area (Å²) in [6.45, 7) is 8.54. The summed E-state index contributed by atoms with van der Waals surface area (Å²) in [6.07, 6.45) is 0. The number of esters is 1. The minimum Gasteiger partial charge on any atom is -0.462 e. The van der Waals surface area contributed by atoms with Gasteiger partial charge in [-0.25, -0.2) is 9.59 Å². The third-order valence-electron chi connectivity index (χ3n) is 3.01. The number of thioether (sulfide) groups is 1. The molecule has 0 spiro atoms. The van der Waals surface area contributed by atoms with Gasteiger partial charge in [-0.3, -0.25) is 4.79 Å². The number of aromatic nitrogens is 2. The lowest BCUT2D eigenvalue weighted by molar-refractivity contribution is -0.127. The van der Waals surface area contributed by atoms with Crippen LogP contribution in [0, 0.1) is 6.92 Å². The van der Waals surface area contributed by atoms with E-state index in [2.05, 4.69) is 9.97 Å². The van der Waals surface area contributed by atoms with Gasteiger partial charge in [0.05, 0.1) is 12.4 Å². The summed E-state index contributed by atoms with van der Waals surface area (Å²) in [5.41, 5.74) is 0.0402. The van der Waals surface area contributed by atoms with Gasteiger partial charge in [0, 0.05) is 18.8 Å². The predicted octanol–water partition coefficient (Wildman–Crippen LogP) is 1.22. The van der Waals surface area contributed by atoms with E-state index in [9.17, 15) is 14.4 Å². The standard InChI is InChI=1S/C14H21N3O4S/c1-5-17(6-2)10(18)8-22-12-11(13(19)21-7-3)9(4)15-14(20)16-12/h5-8H2,1-4H3,(H,15,16,20). The summed E-state index contributed by atoms with van der Waals surface area (Å²) in [4.78, 5) is 43.5. The first-order valence-electron chi connectivity index (χ1n) is 7.13. The zero-order valence-electron chi connectivity index (χ0n) is 13.3. The molecule has 0 fully saturated rings. The Kier molecular flexibility index (Phi) is 7.10. The fraction of sp³-hybridized carbons (Fsp3) is 0.571. The lowest BCUT2D eigenvalue weighted by Crippen LogP contribution is -2.32. The molecule has 1 N–H and O–H groups in total. The molecule has 7 nitrogen and oxygen atoms in total. The minimum absolute atomic E-state index is 0.0652. The third-order valence-corrected chi connectivity index (χ3v) is 3.97. The molecule has 0 aromatic carbocycles. The van der Waals surface area contributed by atoms with Crippen molar-refractivity contribution in [1.29, 1.82) is 0 Å². The van der Waals surface area contributed by atoms with E-state index in [-0.39, 0.29) is 28.9 Å². The van der Waals surface area contributed by atoms with Crippen molar-refractivity contribution in [3.8, 4) is 0 Å². The molecule has 8 heteroatoms. The molecule has 1 amide bonds. The second-order valence-electron chi connectivity index (χ2n) is 4.42. The lowest BCUT2D eigenvalue weighted by atomic mass is 10.2. The van der Waals surface area contributed by atoms with Crippen LogP contribution in [-0.2, 0) is 9.53 Å². The SMILES string of the molecule is CCOC(=O)c1c(SCC(=O)N(CC)CC)nc(=O)[nH]c1C. The number of rotatable bonds is 7. The topological polar surface area (TPSA) is 92.4 Å². The Balaban J connectivity index is 3.01. The van der Waals surface area contributed by atoms with Crippen molar-refractivity contribution >= 4 is 23.6 Å². The molecule has 0 bridgehead atoms. The average Bonchev–Trinajstić information content (AvgIpc) is 2.45. The van der Waals surface area contributed by atoms with Crippen molar-refractivity contribution in [2.45, 2.75) is 32.7 Å². The molecule has 0 atom stereocenters. The summed E-state index contributed by atoms with van der Waals surface area (Å²) < 4.78 is 4.98. The van der Waals surface area contributed by atoms with Crippen LogP contribution in [0.3, 0.4) is 0 Å². The maximum Gasteiger partial charge on any atom is 0.346 e. The van der Waals surface area contributed by atoms with Crippen molar-refractivity contribution in [3.05, 3.63) is 21.7 Å². The van der Waals surface area contributed by atoms with Crippen LogP contribution in [0.5, 0.6) is 0 Å². The monoisotopic (exact) mass is 327 g/mol. The normalized spacial score (nSPS) is 10.4. The Hall–Kier alpha value is -1.83. The van der Waals surface area contributed by atoms with Crippen LogP contribution < -0.4 is 5.69 Å². The van der Waals surface area contributed by atoms with Crippen LogP contribution in [0.4, 0.5) is 0 Å². The number of ether oxygens (including phenoxy) is 1. The van der Waals surface area contributed by atoms with Gasteiger partial charge in [0.2, 0.25) is 5.91 Å². The molecule has 22 heavy (non-hydrogen) atoms. The number of aryl methyl sites for hydroxylation is 1. The van der Waals surface area contributed by atoms with Crippen molar-refractivity contribution in [2.75, 3.05) is 25.4 Å². The Labute approximate surface area is 133 Å². The minimum atomic E-state index is -0.554. The number of nitrogens with one attached hydrogen (secondary N) is 1.